The number of hydrogen-bond acceptors (Lipinski definition) is 8. The summed E-state index contributed by atoms with van der Waals surface area (Å²) in [6.07, 6.45) is 5.94. The largest absolute Gasteiger partial charge is 0.465 e. The molecule has 2 aromatic carbocycles. The van der Waals surface area contributed by atoms with Gasteiger partial charge in [-0.1, -0.05) is 31.2 Å². The molecule has 4 aromatic rings. The zero-order chi connectivity index (χ0) is 31.8. The van der Waals surface area contributed by atoms with Crippen LogP contribution in [-0.4, -0.2) is 36.1 Å². The maximum atomic E-state index is 13.5. The average Bonchev–Trinajstić information content (AvgIpc) is 3.71. The maximum Gasteiger partial charge on any atom is 0.341 e. The quantitative estimate of drug-likeness (QED) is 0.0879. The predicted molar refractivity (Wildman–Crippen MR) is 182 cm³/mol. The number of nitrogens with one attached hydrogen (secondary N) is 3. The highest BCUT2D eigenvalue weighted by atomic mass is 32.2. The van der Waals surface area contributed by atoms with Gasteiger partial charge in [0, 0.05) is 21.0 Å². The molecule has 1 aliphatic carbocycles. The molecule has 0 fully saturated rings. The summed E-state index contributed by atoms with van der Waals surface area (Å²) in [6.45, 7) is 1.93. The molecular weight excluding hydrogens is 627 g/mol. The number of anilines is 2. The molecule has 45 heavy (non-hydrogen) atoms. The number of rotatable bonds is 11. The Bertz CT molecular complexity index is 1710. The van der Waals surface area contributed by atoms with E-state index < -0.39 is 23.0 Å². The van der Waals surface area contributed by atoms with Gasteiger partial charge >= 0.3 is 5.97 Å². The van der Waals surface area contributed by atoms with E-state index in [0.717, 1.165) is 46.6 Å². The summed E-state index contributed by atoms with van der Waals surface area (Å²) < 4.78 is 5.05. The van der Waals surface area contributed by atoms with Gasteiger partial charge in [0.1, 0.15) is 10.7 Å². The van der Waals surface area contributed by atoms with Crippen molar-refractivity contribution in [2.45, 2.75) is 49.2 Å². The van der Waals surface area contributed by atoms with Crippen LogP contribution in [-0.2, 0) is 27.2 Å². The van der Waals surface area contributed by atoms with Crippen LogP contribution in [0.15, 0.2) is 82.0 Å². The minimum Gasteiger partial charge on any atom is -0.465 e. The van der Waals surface area contributed by atoms with E-state index in [0.29, 0.717) is 28.2 Å². The van der Waals surface area contributed by atoms with Crippen LogP contribution in [0.1, 0.15) is 62.9 Å². The summed E-state index contributed by atoms with van der Waals surface area (Å²) in [4.78, 5) is 54.3. The third kappa shape index (κ3) is 8.10. The molecule has 2 heterocycles. The molecule has 3 N–H and O–H groups in total. The zero-order valence-electron chi connectivity index (χ0n) is 24.9. The molecule has 5 rings (SSSR count). The Kier molecular flexibility index (Phi) is 10.9. The molecule has 0 bridgehead atoms. The van der Waals surface area contributed by atoms with Crippen molar-refractivity contribution >= 4 is 74.9 Å². The number of ether oxygens (including phenoxy) is 1. The third-order valence-electron chi connectivity index (χ3n) is 7.21. The fraction of sp³-hybridized carbons (Fsp3) is 0.235. The monoisotopic (exact) mass is 659 g/mol. The highest BCUT2D eigenvalue weighted by molar-refractivity contribution is 8.00. The fourth-order valence-electron chi connectivity index (χ4n) is 4.96. The van der Waals surface area contributed by atoms with Crippen molar-refractivity contribution in [3.05, 3.63) is 104 Å². The van der Waals surface area contributed by atoms with Crippen LogP contribution in [0.25, 0.3) is 6.08 Å². The summed E-state index contributed by atoms with van der Waals surface area (Å²) in [6, 6.07) is 17.8. The molecule has 8 nitrogen and oxygen atoms in total. The summed E-state index contributed by atoms with van der Waals surface area (Å²) >= 11 is 4.32. The van der Waals surface area contributed by atoms with Crippen LogP contribution in [0.3, 0.4) is 0 Å². The van der Waals surface area contributed by atoms with Gasteiger partial charge in [0.05, 0.1) is 17.9 Å². The van der Waals surface area contributed by atoms with Gasteiger partial charge in [-0.25, -0.2) is 4.79 Å². The Labute approximate surface area is 274 Å². The standard InChI is InChI=1S/C34H33N3O5S3/c1-3-27(32(40)37-33-29(34(41)42-2)25-14-7-8-15-28(25)45-33)44-24-13-9-12-23(19-24)35-31(39)26(18-21-16-17-43-20-21)36-30(38)22-10-5-4-6-11-22/h4-6,9-13,16-20,27H,3,7-8,14-15H2,1-2H3,(H,35,39)(H,36,38)(H,37,40)/b26-18-. The summed E-state index contributed by atoms with van der Waals surface area (Å²) in [7, 11) is 1.36. The van der Waals surface area contributed by atoms with Crippen LogP contribution >= 0.6 is 34.4 Å². The van der Waals surface area contributed by atoms with Crippen molar-refractivity contribution in [3.63, 3.8) is 0 Å². The molecule has 0 saturated carbocycles. The number of fused-ring (bicyclic) bond motifs is 1. The maximum absolute atomic E-state index is 13.5. The highest BCUT2D eigenvalue weighted by Crippen LogP contribution is 2.39. The van der Waals surface area contributed by atoms with Gasteiger partial charge in [-0.05, 0) is 96.5 Å². The molecule has 1 atom stereocenters. The number of benzene rings is 2. The number of carbonyl (C=O) groups is 4. The SMILES string of the molecule is CCC(Sc1cccc(NC(=O)/C(=C/c2ccsc2)NC(=O)c2ccccc2)c1)C(=O)Nc1sc2c(c1C(=O)OC)CCCC2. The Morgan fingerprint density at radius 1 is 1.00 bits per heavy atom. The van der Waals surface area contributed by atoms with Crippen LogP contribution < -0.4 is 16.0 Å². The van der Waals surface area contributed by atoms with Crippen LogP contribution in [0.2, 0.25) is 0 Å². The Morgan fingerprint density at radius 3 is 2.53 bits per heavy atom. The Morgan fingerprint density at radius 2 is 1.80 bits per heavy atom. The Balaban J connectivity index is 1.29. The molecule has 1 aliphatic rings. The predicted octanol–water partition coefficient (Wildman–Crippen LogP) is 7.39. The minimum absolute atomic E-state index is 0.103. The van der Waals surface area contributed by atoms with Crippen LogP contribution in [0.4, 0.5) is 10.7 Å². The molecule has 3 amide bonds. The van der Waals surface area contributed by atoms with Crippen molar-refractivity contribution < 1.29 is 23.9 Å². The molecular formula is C34H33N3O5S3. The van der Waals surface area contributed by atoms with Crippen molar-refractivity contribution in [3.8, 4) is 0 Å². The van der Waals surface area contributed by atoms with E-state index in [1.54, 1.807) is 48.5 Å². The number of hydrogen-bond donors (Lipinski definition) is 3. The van der Waals surface area contributed by atoms with Crippen molar-refractivity contribution in [2.75, 3.05) is 17.7 Å². The van der Waals surface area contributed by atoms with Gasteiger partial charge in [0.2, 0.25) is 5.91 Å². The van der Waals surface area contributed by atoms with Crippen LogP contribution in [0, 0.1) is 0 Å². The van der Waals surface area contributed by atoms with E-state index in [2.05, 4.69) is 16.0 Å². The van der Waals surface area contributed by atoms with Crippen LogP contribution in [0.5, 0.6) is 0 Å². The lowest BCUT2D eigenvalue weighted by molar-refractivity contribution is -0.116. The average molecular weight is 660 g/mol. The normalized spacial score (nSPS) is 13.3. The number of aryl methyl sites for hydroxylation is 1. The second-order valence-electron chi connectivity index (χ2n) is 10.3. The lowest BCUT2D eigenvalue weighted by Gasteiger charge is -2.16. The molecule has 2 aromatic heterocycles. The van der Waals surface area contributed by atoms with Gasteiger partial charge in [-0.3, -0.25) is 14.4 Å². The first kappa shape index (κ1) is 32.2. The summed E-state index contributed by atoms with van der Waals surface area (Å²) in [5.74, 6) is -1.50. The van der Waals surface area contributed by atoms with E-state index in [9.17, 15) is 19.2 Å². The fourth-order valence-corrected chi connectivity index (χ4v) is 7.87. The number of amides is 3. The number of methoxy groups -OCH3 is 1. The number of esters is 1. The van der Waals surface area contributed by atoms with Gasteiger partial charge in [0.15, 0.2) is 0 Å². The highest BCUT2D eigenvalue weighted by Gasteiger charge is 2.28. The minimum atomic E-state index is -0.477. The van der Waals surface area contributed by atoms with Crippen molar-refractivity contribution in [2.24, 2.45) is 0 Å². The molecule has 0 aliphatic heterocycles. The second kappa shape index (κ2) is 15.2. The third-order valence-corrected chi connectivity index (χ3v) is 10.5. The topological polar surface area (TPSA) is 114 Å². The number of carbonyl (C=O) groups excluding carboxylic acids is 4. The second-order valence-corrected chi connectivity index (χ2v) is 13.5. The summed E-state index contributed by atoms with van der Waals surface area (Å²) in [5, 5.41) is 12.5. The first-order valence-corrected chi connectivity index (χ1v) is 17.2. The lowest BCUT2D eigenvalue weighted by Crippen LogP contribution is -2.30. The first-order chi connectivity index (χ1) is 21.9. The molecule has 1 unspecified atom stereocenters. The first-order valence-electron chi connectivity index (χ1n) is 14.6. The molecule has 0 saturated heterocycles. The van der Waals surface area contributed by atoms with E-state index in [1.165, 1.54) is 41.5 Å². The molecule has 11 heteroatoms. The zero-order valence-corrected chi connectivity index (χ0v) is 27.3. The van der Waals surface area contributed by atoms with Gasteiger partial charge < -0.3 is 20.7 Å². The molecule has 0 radical (unpaired) electrons. The number of thioether (sulfide) groups is 1. The van der Waals surface area contributed by atoms with E-state index in [4.69, 9.17) is 4.74 Å². The van der Waals surface area contributed by atoms with E-state index in [-0.39, 0.29) is 11.6 Å². The molecule has 232 valence electrons. The van der Waals surface area contributed by atoms with E-state index in [1.807, 2.05) is 35.9 Å². The smallest absolute Gasteiger partial charge is 0.341 e. The van der Waals surface area contributed by atoms with Crippen molar-refractivity contribution in [1.29, 1.82) is 0 Å². The van der Waals surface area contributed by atoms with Gasteiger partial charge in [0.25, 0.3) is 11.8 Å². The van der Waals surface area contributed by atoms with Crippen molar-refractivity contribution in [1.82, 2.24) is 5.32 Å². The van der Waals surface area contributed by atoms with Gasteiger partial charge in [-0.2, -0.15) is 11.3 Å². The summed E-state index contributed by atoms with van der Waals surface area (Å²) in [5.41, 5.74) is 3.31. The number of thiophene rings is 2. The Hall–Kier alpha value is -4.19. The van der Waals surface area contributed by atoms with E-state index >= 15 is 0 Å². The lowest BCUT2D eigenvalue weighted by atomic mass is 9.95. The van der Waals surface area contributed by atoms with Gasteiger partial charge in [-0.15, -0.1) is 23.1 Å². The molecule has 0 spiro atoms.